The Morgan fingerprint density at radius 1 is 1.59 bits per heavy atom. The van der Waals surface area contributed by atoms with Gasteiger partial charge >= 0.3 is 5.97 Å². The molecule has 0 saturated heterocycles. The summed E-state index contributed by atoms with van der Waals surface area (Å²) in [5.41, 5.74) is 0.0670. The van der Waals surface area contributed by atoms with E-state index >= 15 is 0 Å². The molecule has 0 aliphatic rings. The number of aliphatic hydroxyl groups excluding tert-OH is 1. The summed E-state index contributed by atoms with van der Waals surface area (Å²) in [6.07, 6.45) is -1.55. The fourth-order valence-electron chi connectivity index (χ4n) is 1.28. The Hall–Kier alpha value is -1.33. The molecule has 17 heavy (non-hydrogen) atoms. The van der Waals surface area contributed by atoms with Crippen LogP contribution in [-0.4, -0.2) is 24.8 Å². The number of carbonyl (C=O) groups is 1. The van der Waals surface area contributed by atoms with E-state index in [1.165, 1.54) is 7.11 Å². The van der Waals surface area contributed by atoms with Crippen molar-refractivity contribution in [1.82, 2.24) is 0 Å². The minimum atomic E-state index is -1.55. The van der Waals surface area contributed by atoms with Crippen LogP contribution in [0.3, 0.4) is 0 Å². The molecule has 0 amide bonds. The molecule has 0 aliphatic heterocycles. The van der Waals surface area contributed by atoms with Crippen LogP contribution in [0.25, 0.3) is 0 Å². The highest BCUT2D eigenvalue weighted by Gasteiger charge is 2.24. The zero-order valence-corrected chi connectivity index (χ0v) is 10.1. The molecule has 1 N–H and O–H groups in total. The fraction of sp³-hybridized carbons (Fsp3) is 0.364. The van der Waals surface area contributed by atoms with Crippen LogP contribution >= 0.6 is 11.6 Å². The number of benzene rings is 1. The lowest BCUT2D eigenvalue weighted by atomic mass is 10.1. The van der Waals surface area contributed by atoms with Crippen molar-refractivity contribution in [2.45, 2.75) is 13.0 Å². The van der Waals surface area contributed by atoms with Gasteiger partial charge in [-0.15, -0.1) is 0 Å². The van der Waals surface area contributed by atoms with E-state index in [4.69, 9.17) is 16.3 Å². The molecule has 0 bridgehead atoms. The van der Waals surface area contributed by atoms with E-state index < -0.39 is 17.9 Å². The van der Waals surface area contributed by atoms with E-state index in [1.54, 1.807) is 6.92 Å². The lowest BCUT2D eigenvalue weighted by Gasteiger charge is -2.14. The zero-order valence-electron chi connectivity index (χ0n) is 9.37. The molecule has 0 heterocycles. The first-order valence-corrected chi connectivity index (χ1v) is 5.26. The molecular weight excluding hydrogens is 251 g/mol. The first-order valence-electron chi connectivity index (χ1n) is 4.88. The van der Waals surface area contributed by atoms with E-state index in [-0.39, 0.29) is 22.9 Å². The second-order valence-electron chi connectivity index (χ2n) is 3.16. The molecule has 4 nitrogen and oxygen atoms in total. The van der Waals surface area contributed by atoms with E-state index in [0.717, 1.165) is 12.1 Å². The predicted molar refractivity (Wildman–Crippen MR) is 59.6 cm³/mol. The monoisotopic (exact) mass is 262 g/mol. The number of hydrogen-bond acceptors (Lipinski definition) is 4. The van der Waals surface area contributed by atoms with E-state index in [2.05, 4.69) is 4.74 Å². The highest BCUT2D eigenvalue weighted by molar-refractivity contribution is 6.30. The van der Waals surface area contributed by atoms with Gasteiger partial charge in [0.25, 0.3) is 0 Å². The molecule has 1 aromatic rings. The highest BCUT2D eigenvalue weighted by Crippen LogP contribution is 2.31. The molecule has 6 heteroatoms. The van der Waals surface area contributed by atoms with Crippen LogP contribution in [0.5, 0.6) is 5.75 Å². The molecule has 0 aromatic heterocycles. The number of carbonyl (C=O) groups excluding carboxylic acids is 1. The van der Waals surface area contributed by atoms with Crippen molar-refractivity contribution in [3.05, 3.63) is 28.5 Å². The van der Waals surface area contributed by atoms with Crippen LogP contribution in [0.1, 0.15) is 18.6 Å². The molecule has 0 spiro atoms. The third kappa shape index (κ3) is 3.08. The fourth-order valence-corrected chi connectivity index (χ4v) is 1.45. The standard InChI is InChI=1S/C11H12ClFO4/c1-3-17-11(15)10(14)6-4-7(12)8(13)5-9(6)16-2/h4-5,10,14H,3H2,1-2H3. The van der Waals surface area contributed by atoms with Gasteiger partial charge in [0.15, 0.2) is 6.10 Å². The van der Waals surface area contributed by atoms with Crippen LogP contribution in [0.4, 0.5) is 4.39 Å². The number of methoxy groups -OCH3 is 1. The summed E-state index contributed by atoms with van der Waals surface area (Å²) in [4.78, 5) is 11.3. The van der Waals surface area contributed by atoms with Gasteiger partial charge < -0.3 is 14.6 Å². The Kier molecular flexibility index (Phi) is 4.72. The topological polar surface area (TPSA) is 55.8 Å². The van der Waals surface area contributed by atoms with Crippen LogP contribution < -0.4 is 4.74 Å². The maximum atomic E-state index is 13.1. The van der Waals surface area contributed by atoms with Gasteiger partial charge in [0.1, 0.15) is 11.6 Å². The van der Waals surface area contributed by atoms with Crippen LogP contribution in [0.15, 0.2) is 12.1 Å². The quantitative estimate of drug-likeness (QED) is 0.844. The summed E-state index contributed by atoms with van der Waals surface area (Å²) in [7, 11) is 1.30. The summed E-state index contributed by atoms with van der Waals surface area (Å²) in [6.45, 7) is 1.74. The molecule has 0 radical (unpaired) electrons. The molecular formula is C11H12ClFO4. The Morgan fingerprint density at radius 3 is 2.76 bits per heavy atom. The lowest BCUT2D eigenvalue weighted by molar-refractivity contribution is -0.153. The Labute approximate surface area is 103 Å². The molecule has 0 saturated carbocycles. The van der Waals surface area contributed by atoms with Gasteiger partial charge in [-0.05, 0) is 13.0 Å². The van der Waals surface area contributed by atoms with Gasteiger partial charge in [-0.1, -0.05) is 11.6 Å². The van der Waals surface area contributed by atoms with Gasteiger partial charge in [0.2, 0.25) is 0 Å². The third-order valence-corrected chi connectivity index (χ3v) is 2.37. The minimum absolute atomic E-state index is 0.0347. The predicted octanol–water partition coefficient (Wildman–Crippen LogP) is 2.08. The Balaban J connectivity index is 3.11. The van der Waals surface area contributed by atoms with Gasteiger partial charge in [-0.3, -0.25) is 0 Å². The average molecular weight is 263 g/mol. The van der Waals surface area contributed by atoms with E-state index in [9.17, 15) is 14.3 Å². The van der Waals surface area contributed by atoms with Crippen molar-refractivity contribution >= 4 is 17.6 Å². The number of rotatable bonds is 4. The number of esters is 1. The first kappa shape index (κ1) is 13.7. The lowest BCUT2D eigenvalue weighted by Crippen LogP contribution is -2.16. The van der Waals surface area contributed by atoms with Gasteiger partial charge in [0, 0.05) is 11.6 Å². The number of aliphatic hydroxyl groups is 1. The highest BCUT2D eigenvalue weighted by atomic mass is 35.5. The van der Waals surface area contributed by atoms with Crippen molar-refractivity contribution in [3.8, 4) is 5.75 Å². The van der Waals surface area contributed by atoms with Crippen molar-refractivity contribution in [2.24, 2.45) is 0 Å². The Morgan fingerprint density at radius 2 is 2.24 bits per heavy atom. The molecule has 1 unspecified atom stereocenters. The summed E-state index contributed by atoms with van der Waals surface area (Å²) >= 11 is 5.57. The minimum Gasteiger partial charge on any atom is -0.496 e. The van der Waals surface area contributed by atoms with Crippen LogP contribution in [0.2, 0.25) is 5.02 Å². The molecule has 1 aromatic carbocycles. The first-order chi connectivity index (χ1) is 8.01. The second kappa shape index (κ2) is 5.84. The van der Waals surface area contributed by atoms with Gasteiger partial charge in [0.05, 0.1) is 18.7 Å². The van der Waals surface area contributed by atoms with Crippen LogP contribution in [-0.2, 0) is 9.53 Å². The molecule has 0 aliphatic carbocycles. The van der Waals surface area contributed by atoms with Gasteiger partial charge in [-0.2, -0.15) is 0 Å². The Bertz CT molecular complexity index is 422. The zero-order chi connectivity index (χ0) is 13.0. The van der Waals surface area contributed by atoms with Crippen molar-refractivity contribution < 1.29 is 23.8 Å². The summed E-state index contributed by atoms with van der Waals surface area (Å²) in [5, 5.41) is 9.51. The van der Waals surface area contributed by atoms with Gasteiger partial charge in [-0.25, -0.2) is 9.18 Å². The molecule has 1 rings (SSSR count). The maximum Gasteiger partial charge on any atom is 0.339 e. The smallest absolute Gasteiger partial charge is 0.339 e. The second-order valence-corrected chi connectivity index (χ2v) is 3.57. The summed E-state index contributed by atoms with van der Waals surface area (Å²) in [6, 6.07) is 2.14. The van der Waals surface area contributed by atoms with E-state index in [0.29, 0.717) is 0 Å². The summed E-state index contributed by atoms with van der Waals surface area (Å²) in [5.74, 6) is -1.50. The van der Waals surface area contributed by atoms with Crippen molar-refractivity contribution in [3.63, 3.8) is 0 Å². The largest absolute Gasteiger partial charge is 0.496 e. The molecule has 1 atom stereocenters. The SMILES string of the molecule is CCOC(=O)C(O)c1cc(Cl)c(F)cc1OC. The maximum absolute atomic E-state index is 13.1. The molecule has 94 valence electrons. The number of hydrogen-bond donors (Lipinski definition) is 1. The van der Waals surface area contributed by atoms with E-state index in [1.807, 2.05) is 0 Å². The normalized spacial score (nSPS) is 12.1. The molecule has 0 fully saturated rings. The van der Waals surface area contributed by atoms with Crippen molar-refractivity contribution in [1.29, 1.82) is 0 Å². The number of ether oxygens (including phenoxy) is 2. The average Bonchev–Trinajstić information content (AvgIpc) is 2.31. The summed E-state index contributed by atoms with van der Waals surface area (Å²) < 4.78 is 22.7. The van der Waals surface area contributed by atoms with Crippen LogP contribution in [0, 0.1) is 5.82 Å². The number of halogens is 2. The third-order valence-electron chi connectivity index (χ3n) is 2.08. The van der Waals surface area contributed by atoms with Crippen molar-refractivity contribution in [2.75, 3.05) is 13.7 Å².